The standard InChI is InChI=1S/C14H10BrN3O2/c15-11-5-3-4-10(8-11)9-18-13(17-20-14(18)19)12-6-1-2-7-16-12/h1-8H,9H2. The van der Waals surface area contributed by atoms with Crippen LogP contribution in [0.15, 0.2) is 62.5 Å². The Hall–Kier alpha value is -2.21. The van der Waals surface area contributed by atoms with Crippen LogP contribution in [0.3, 0.4) is 0 Å². The van der Waals surface area contributed by atoms with Crippen molar-refractivity contribution in [3.8, 4) is 11.5 Å². The second-order valence-electron chi connectivity index (χ2n) is 4.20. The lowest BCUT2D eigenvalue weighted by Crippen LogP contribution is -2.16. The molecule has 1 aromatic carbocycles. The Morgan fingerprint density at radius 3 is 2.85 bits per heavy atom. The van der Waals surface area contributed by atoms with Crippen LogP contribution in [-0.4, -0.2) is 14.7 Å². The van der Waals surface area contributed by atoms with E-state index in [2.05, 4.69) is 26.1 Å². The molecule has 6 heteroatoms. The number of halogens is 1. The molecule has 0 spiro atoms. The Bertz CT molecular complexity index is 780. The predicted octanol–water partition coefficient (Wildman–Crippen LogP) is 2.71. The molecule has 5 nitrogen and oxygen atoms in total. The molecule has 100 valence electrons. The fourth-order valence-electron chi connectivity index (χ4n) is 1.90. The number of nitrogens with zero attached hydrogens (tertiary/aromatic N) is 3. The highest BCUT2D eigenvalue weighted by Gasteiger charge is 2.13. The van der Waals surface area contributed by atoms with Gasteiger partial charge in [0.25, 0.3) is 0 Å². The van der Waals surface area contributed by atoms with Crippen LogP contribution in [0.5, 0.6) is 0 Å². The molecule has 0 unspecified atom stereocenters. The van der Waals surface area contributed by atoms with Crippen LogP contribution in [0.4, 0.5) is 0 Å². The third kappa shape index (κ3) is 2.55. The van der Waals surface area contributed by atoms with E-state index in [0.717, 1.165) is 10.0 Å². The minimum atomic E-state index is -0.495. The summed E-state index contributed by atoms with van der Waals surface area (Å²) in [6.07, 6.45) is 1.65. The summed E-state index contributed by atoms with van der Waals surface area (Å²) in [4.78, 5) is 16.0. The second-order valence-corrected chi connectivity index (χ2v) is 5.12. The van der Waals surface area contributed by atoms with Gasteiger partial charge in [-0.3, -0.25) is 14.1 Å². The summed E-state index contributed by atoms with van der Waals surface area (Å²) in [5.74, 6) is -0.0683. The normalized spacial score (nSPS) is 10.7. The molecule has 0 aliphatic carbocycles. The van der Waals surface area contributed by atoms with Gasteiger partial charge in [0.2, 0.25) is 5.82 Å². The van der Waals surface area contributed by atoms with E-state index < -0.39 is 5.76 Å². The molecule has 2 heterocycles. The van der Waals surface area contributed by atoms with Crippen LogP contribution in [0.25, 0.3) is 11.5 Å². The smallest absolute Gasteiger partial charge is 0.295 e. The maximum absolute atomic E-state index is 11.8. The summed E-state index contributed by atoms with van der Waals surface area (Å²) in [6, 6.07) is 13.2. The summed E-state index contributed by atoms with van der Waals surface area (Å²) in [5.41, 5.74) is 1.58. The van der Waals surface area contributed by atoms with Crippen molar-refractivity contribution >= 4 is 15.9 Å². The Kier molecular flexibility index (Phi) is 3.47. The first-order chi connectivity index (χ1) is 9.74. The SMILES string of the molecule is O=c1onc(-c2ccccn2)n1Cc1cccc(Br)c1. The molecule has 0 aliphatic heterocycles. The third-order valence-corrected chi connectivity index (χ3v) is 3.30. The summed E-state index contributed by atoms with van der Waals surface area (Å²) < 4.78 is 7.18. The molecule has 0 saturated heterocycles. The minimum Gasteiger partial charge on any atom is -0.295 e. The van der Waals surface area contributed by atoms with Gasteiger partial charge in [-0.05, 0) is 29.8 Å². The van der Waals surface area contributed by atoms with Crippen LogP contribution in [0, 0.1) is 0 Å². The molecule has 2 aromatic heterocycles. The molecule has 3 aromatic rings. The number of rotatable bonds is 3. The summed E-state index contributed by atoms with van der Waals surface area (Å²) in [7, 11) is 0. The van der Waals surface area contributed by atoms with Crippen molar-refractivity contribution in [2.45, 2.75) is 6.54 Å². The largest absolute Gasteiger partial charge is 0.442 e. The third-order valence-electron chi connectivity index (χ3n) is 2.81. The van der Waals surface area contributed by atoms with Gasteiger partial charge in [-0.2, -0.15) is 0 Å². The highest BCUT2D eigenvalue weighted by molar-refractivity contribution is 9.10. The molecule has 3 rings (SSSR count). The maximum Gasteiger partial charge on any atom is 0.442 e. The molecular formula is C14H10BrN3O2. The van der Waals surface area contributed by atoms with Crippen LogP contribution in [0.1, 0.15) is 5.56 Å². The van der Waals surface area contributed by atoms with E-state index in [0.29, 0.717) is 18.1 Å². The van der Waals surface area contributed by atoms with Crippen molar-refractivity contribution in [1.29, 1.82) is 0 Å². The molecule has 0 saturated carbocycles. The van der Waals surface area contributed by atoms with Gasteiger partial charge < -0.3 is 0 Å². The van der Waals surface area contributed by atoms with Gasteiger partial charge >= 0.3 is 5.76 Å². The van der Waals surface area contributed by atoms with Crippen molar-refractivity contribution in [3.05, 3.63) is 69.2 Å². The van der Waals surface area contributed by atoms with E-state index in [1.165, 1.54) is 4.57 Å². The highest BCUT2D eigenvalue weighted by atomic mass is 79.9. The average molecular weight is 332 g/mol. The van der Waals surface area contributed by atoms with Gasteiger partial charge in [-0.15, -0.1) is 0 Å². The zero-order valence-corrected chi connectivity index (χ0v) is 11.9. The molecule has 0 aliphatic rings. The van der Waals surface area contributed by atoms with Gasteiger partial charge in [0.15, 0.2) is 0 Å². The molecule has 0 N–H and O–H groups in total. The second kappa shape index (κ2) is 5.42. The average Bonchev–Trinajstić information content (AvgIpc) is 2.81. The Labute approximate surface area is 123 Å². The number of benzene rings is 1. The van der Waals surface area contributed by atoms with E-state index in [4.69, 9.17) is 4.52 Å². The monoisotopic (exact) mass is 331 g/mol. The van der Waals surface area contributed by atoms with E-state index in [9.17, 15) is 4.79 Å². The zero-order valence-electron chi connectivity index (χ0n) is 10.4. The van der Waals surface area contributed by atoms with Crippen molar-refractivity contribution in [1.82, 2.24) is 14.7 Å². The first-order valence-corrected chi connectivity index (χ1v) is 6.76. The molecule has 0 radical (unpaired) electrons. The first kappa shape index (κ1) is 12.8. The minimum absolute atomic E-state index is 0.383. The Morgan fingerprint density at radius 2 is 2.10 bits per heavy atom. The molecule has 0 fully saturated rings. The lowest BCUT2D eigenvalue weighted by atomic mass is 10.2. The molecule has 0 bridgehead atoms. The van der Waals surface area contributed by atoms with Gasteiger partial charge in [0.1, 0.15) is 5.69 Å². The van der Waals surface area contributed by atoms with Gasteiger partial charge in [0.05, 0.1) is 6.54 Å². The van der Waals surface area contributed by atoms with Crippen molar-refractivity contribution in [2.75, 3.05) is 0 Å². The fraction of sp³-hybridized carbons (Fsp3) is 0.0714. The van der Waals surface area contributed by atoms with Crippen LogP contribution in [-0.2, 0) is 6.54 Å². The Morgan fingerprint density at radius 1 is 1.20 bits per heavy atom. The van der Waals surface area contributed by atoms with E-state index in [1.807, 2.05) is 30.3 Å². The predicted molar refractivity (Wildman–Crippen MR) is 77.2 cm³/mol. The molecule has 0 atom stereocenters. The number of pyridine rings is 1. The maximum atomic E-state index is 11.8. The van der Waals surface area contributed by atoms with Gasteiger partial charge in [0, 0.05) is 10.7 Å². The summed E-state index contributed by atoms with van der Waals surface area (Å²) in [6.45, 7) is 0.383. The van der Waals surface area contributed by atoms with Crippen molar-refractivity contribution in [2.24, 2.45) is 0 Å². The summed E-state index contributed by atoms with van der Waals surface area (Å²) in [5, 5.41) is 3.81. The van der Waals surface area contributed by atoms with Crippen LogP contribution in [0.2, 0.25) is 0 Å². The Balaban J connectivity index is 2.02. The van der Waals surface area contributed by atoms with E-state index in [1.54, 1.807) is 18.3 Å². The molecular weight excluding hydrogens is 322 g/mol. The van der Waals surface area contributed by atoms with Crippen LogP contribution >= 0.6 is 15.9 Å². The number of aromatic nitrogens is 3. The lowest BCUT2D eigenvalue weighted by Gasteiger charge is -2.04. The van der Waals surface area contributed by atoms with Crippen molar-refractivity contribution < 1.29 is 4.52 Å². The number of hydrogen-bond acceptors (Lipinski definition) is 4. The lowest BCUT2D eigenvalue weighted by molar-refractivity contribution is 0.378. The van der Waals surface area contributed by atoms with Crippen LogP contribution < -0.4 is 5.76 Å². The van der Waals surface area contributed by atoms with Gasteiger partial charge in [-0.1, -0.05) is 39.3 Å². The van der Waals surface area contributed by atoms with Gasteiger partial charge in [-0.25, -0.2) is 4.79 Å². The highest BCUT2D eigenvalue weighted by Crippen LogP contribution is 2.16. The summed E-state index contributed by atoms with van der Waals surface area (Å²) >= 11 is 3.41. The van der Waals surface area contributed by atoms with Crippen molar-refractivity contribution in [3.63, 3.8) is 0 Å². The quantitative estimate of drug-likeness (QED) is 0.740. The molecule has 0 amide bonds. The zero-order chi connectivity index (χ0) is 13.9. The number of hydrogen-bond donors (Lipinski definition) is 0. The van der Waals surface area contributed by atoms with E-state index >= 15 is 0 Å². The fourth-order valence-corrected chi connectivity index (χ4v) is 2.35. The van der Waals surface area contributed by atoms with E-state index in [-0.39, 0.29) is 0 Å². The topological polar surface area (TPSA) is 60.9 Å². The first-order valence-electron chi connectivity index (χ1n) is 5.96. The molecule has 20 heavy (non-hydrogen) atoms.